The van der Waals surface area contributed by atoms with Crippen molar-refractivity contribution in [1.82, 2.24) is 10.6 Å². The Hall–Kier alpha value is -1.59. The van der Waals surface area contributed by atoms with E-state index in [0.29, 0.717) is 6.54 Å². The standard InChI is InChI=1S/C16H27N3O2/c1-18-11-4-12-19-16(20)13-21-15-8-6-14(7-9-15)5-2-3-10-17/h6-9,18H,2-5,10-13,17H2,1H3,(H,19,20). The van der Waals surface area contributed by atoms with Crippen molar-refractivity contribution in [3.05, 3.63) is 29.8 Å². The van der Waals surface area contributed by atoms with E-state index >= 15 is 0 Å². The summed E-state index contributed by atoms with van der Waals surface area (Å²) in [5.41, 5.74) is 6.75. The zero-order valence-electron chi connectivity index (χ0n) is 12.9. The van der Waals surface area contributed by atoms with E-state index in [-0.39, 0.29) is 12.5 Å². The van der Waals surface area contributed by atoms with E-state index in [1.165, 1.54) is 5.56 Å². The van der Waals surface area contributed by atoms with Crippen LogP contribution in [0, 0.1) is 0 Å². The molecule has 0 bridgehead atoms. The number of rotatable bonds is 11. The first kappa shape index (κ1) is 17.5. The average molecular weight is 293 g/mol. The number of unbranched alkanes of at least 4 members (excludes halogenated alkanes) is 1. The molecule has 1 rings (SSSR count). The molecule has 1 aromatic carbocycles. The van der Waals surface area contributed by atoms with E-state index in [4.69, 9.17) is 10.5 Å². The molecule has 0 atom stereocenters. The first-order valence-corrected chi connectivity index (χ1v) is 7.59. The summed E-state index contributed by atoms with van der Waals surface area (Å²) >= 11 is 0. The number of nitrogens with one attached hydrogen (secondary N) is 2. The Labute approximate surface area is 127 Å². The summed E-state index contributed by atoms with van der Waals surface area (Å²) in [5, 5.41) is 5.85. The van der Waals surface area contributed by atoms with Crippen molar-refractivity contribution in [3.8, 4) is 5.75 Å². The molecule has 0 unspecified atom stereocenters. The van der Waals surface area contributed by atoms with Crippen molar-refractivity contribution in [1.29, 1.82) is 0 Å². The number of aryl methyl sites for hydroxylation is 1. The van der Waals surface area contributed by atoms with Gasteiger partial charge in [-0.3, -0.25) is 4.79 Å². The number of carbonyl (C=O) groups is 1. The second-order valence-electron chi connectivity index (χ2n) is 4.99. The number of ether oxygens (including phenoxy) is 1. The largest absolute Gasteiger partial charge is 0.484 e. The lowest BCUT2D eigenvalue weighted by molar-refractivity contribution is -0.123. The molecule has 118 valence electrons. The molecule has 1 aromatic rings. The van der Waals surface area contributed by atoms with Crippen molar-refractivity contribution in [3.63, 3.8) is 0 Å². The highest BCUT2D eigenvalue weighted by molar-refractivity contribution is 5.77. The fourth-order valence-electron chi connectivity index (χ4n) is 1.92. The molecule has 0 heterocycles. The van der Waals surface area contributed by atoms with Crippen LogP contribution in [-0.2, 0) is 11.2 Å². The minimum atomic E-state index is -0.0851. The van der Waals surface area contributed by atoms with Gasteiger partial charge in [0.1, 0.15) is 5.75 Å². The number of amides is 1. The van der Waals surface area contributed by atoms with Crippen LogP contribution in [0.2, 0.25) is 0 Å². The van der Waals surface area contributed by atoms with Gasteiger partial charge in [0.25, 0.3) is 5.91 Å². The quantitative estimate of drug-likeness (QED) is 0.534. The van der Waals surface area contributed by atoms with Gasteiger partial charge in [0.05, 0.1) is 0 Å². The Kier molecular flexibility index (Phi) is 9.24. The van der Waals surface area contributed by atoms with Crippen molar-refractivity contribution >= 4 is 5.91 Å². The van der Waals surface area contributed by atoms with Gasteiger partial charge in [-0.05, 0) is 63.5 Å². The zero-order valence-corrected chi connectivity index (χ0v) is 12.9. The molecular formula is C16H27N3O2. The molecule has 0 aromatic heterocycles. The zero-order chi connectivity index (χ0) is 15.3. The minimum absolute atomic E-state index is 0.0616. The maximum atomic E-state index is 11.6. The molecule has 0 aliphatic heterocycles. The molecule has 5 nitrogen and oxygen atoms in total. The third kappa shape index (κ3) is 8.32. The number of nitrogens with two attached hydrogens (primary N) is 1. The van der Waals surface area contributed by atoms with E-state index in [1.807, 2.05) is 31.3 Å². The summed E-state index contributed by atoms with van der Waals surface area (Å²) in [6.07, 6.45) is 4.10. The van der Waals surface area contributed by atoms with Crippen LogP contribution in [0.3, 0.4) is 0 Å². The number of hydrogen-bond donors (Lipinski definition) is 3. The lowest BCUT2D eigenvalue weighted by Crippen LogP contribution is -2.30. The van der Waals surface area contributed by atoms with E-state index in [2.05, 4.69) is 10.6 Å². The van der Waals surface area contributed by atoms with Crippen LogP contribution in [0.1, 0.15) is 24.8 Å². The van der Waals surface area contributed by atoms with Crippen LogP contribution >= 0.6 is 0 Å². The van der Waals surface area contributed by atoms with Gasteiger partial charge in [-0.15, -0.1) is 0 Å². The smallest absolute Gasteiger partial charge is 0.257 e. The highest BCUT2D eigenvalue weighted by Gasteiger charge is 2.02. The third-order valence-electron chi connectivity index (χ3n) is 3.14. The topological polar surface area (TPSA) is 76.4 Å². The molecule has 0 aliphatic carbocycles. The molecule has 0 saturated carbocycles. The SMILES string of the molecule is CNCCCNC(=O)COc1ccc(CCCCN)cc1. The van der Waals surface area contributed by atoms with Crippen LogP contribution in [0.4, 0.5) is 0 Å². The van der Waals surface area contributed by atoms with Gasteiger partial charge in [0.15, 0.2) is 6.61 Å². The third-order valence-corrected chi connectivity index (χ3v) is 3.14. The Bertz CT molecular complexity index is 393. The van der Waals surface area contributed by atoms with Gasteiger partial charge in [-0.2, -0.15) is 0 Å². The number of hydrogen-bond acceptors (Lipinski definition) is 4. The van der Waals surface area contributed by atoms with Crippen LogP contribution in [0.5, 0.6) is 5.75 Å². The van der Waals surface area contributed by atoms with Crippen LogP contribution in [0.15, 0.2) is 24.3 Å². The van der Waals surface area contributed by atoms with Crippen LogP contribution in [0.25, 0.3) is 0 Å². The average Bonchev–Trinajstić information content (AvgIpc) is 2.51. The molecule has 0 fully saturated rings. The van der Waals surface area contributed by atoms with Crippen LogP contribution in [-0.4, -0.2) is 39.2 Å². The first-order chi connectivity index (χ1) is 10.3. The van der Waals surface area contributed by atoms with Gasteiger partial charge in [0.2, 0.25) is 0 Å². The summed E-state index contributed by atoms with van der Waals surface area (Å²) < 4.78 is 5.46. The van der Waals surface area contributed by atoms with Gasteiger partial charge in [-0.1, -0.05) is 12.1 Å². The van der Waals surface area contributed by atoms with E-state index in [1.54, 1.807) is 0 Å². The predicted octanol–water partition coefficient (Wildman–Crippen LogP) is 1.07. The molecule has 5 heteroatoms. The number of carbonyl (C=O) groups excluding carboxylic acids is 1. The summed E-state index contributed by atoms with van der Waals surface area (Å²) in [6, 6.07) is 7.89. The Morgan fingerprint density at radius 3 is 2.57 bits per heavy atom. The minimum Gasteiger partial charge on any atom is -0.484 e. The second-order valence-corrected chi connectivity index (χ2v) is 4.99. The Balaban J connectivity index is 2.21. The van der Waals surface area contributed by atoms with Gasteiger partial charge < -0.3 is 21.1 Å². The summed E-state index contributed by atoms with van der Waals surface area (Å²) in [7, 11) is 1.89. The van der Waals surface area contributed by atoms with E-state index in [9.17, 15) is 4.79 Å². The highest BCUT2D eigenvalue weighted by Crippen LogP contribution is 2.13. The molecule has 21 heavy (non-hydrogen) atoms. The maximum Gasteiger partial charge on any atom is 0.257 e. The fourth-order valence-corrected chi connectivity index (χ4v) is 1.92. The molecule has 0 spiro atoms. The van der Waals surface area contributed by atoms with E-state index < -0.39 is 0 Å². The normalized spacial score (nSPS) is 10.4. The lowest BCUT2D eigenvalue weighted by atomic mass is 10.1. The van der Waals surface area contributed by atoms with Crippen LogP contribution < -0.4 is 21.1 Å². The lowest BCUT2D eigenvalue weighted by Gasteiger charge is -2.08. The Morgan fingerprint density at radius 2 is 1.90 bits per heavy atom. The predicted molar refractivity (Wildman–Crippen MR) is 85.5 cm³/mol. The van der Waals surface area contributed by atoms with Crippen molar-refractivity contribution in [2.24, 2.45) is 5.73 Å². The maximum absolute atomic E-state index is 11.6. The highest BCUT2D eigenvalue weighted by atomic mass is 16.5. The monoisotopic (exact) mass is 293 g/mol. The molecular weight excluding hydrogens is 266 g/mol. The molecule has 0 aliphatic rings. The Morgan fingerprint density at radius 1 is 1.14 bits per heavy atom. The first-order valence-electron chi connectivity index (χ1n) is 7.59. The van der Waals surface area contributed by atoms with Gasteiger partial charge in [0, 0.05) is 6.54 Å². The summed E-state index contributed by atoms with van der Waals surface area (Å²) in [6.45, 7) is 2.37. The van der Waals surface area contributed by atoms with Gasteiger partial charge in [-0.25, -0.2) is 0 Å². The summed E-state index contributed by atoms with van der Waals surface area (Å²) in [4.78, 5) is 11.6. The summed E-state index contributed by atoms with van der Waals surface area (Å²) in [5.74, 6) is 0.640. The fraction of sp³-hybridized carbons (Fsp3) is 0.562. The van der Waals surface area contributed by atoms with Gasteiger partial charge >= 0.3 is 0 Å². The molecule has 1 amide bonds. The van der Waals surface area contributed by atoms with Crippen molar-refractivity contribution < 1.29 is 9.53 Å². The van der Waals surface area contributed by atoms with Crippen molar-refractivity contribution in [2.45, 2.75) is 25.7 Å². The molecule has 0 radical (unpaired) electrons. The molecule has 4 N–H and O–H groups in total. The second kappa shape index (κ2) is 11.1. The molecule has 0 saturated heterocycles. The van der Waals surface area contributed by atoms with E-state index in [0.717, 1.165) is 44.5 Å². The number of benzene rings is 1. The van der Waals surface area contributed by atoms with Crippen molar-refractivity contribution in [2.75, 3.05) is 33.3 Å².